The van der Waals surface area contributed by atoms with E-state index in [0.29, 0.717) is 12.6 Å². The summed E-state index contributed by atoms with van der Waals surface area (Å²) in [5, 5.41) is 0. The largest absolute Gasteiger partial charge is 0.449 e. The van der Waals surface area contributed by atoms with Gasteiger partial charge in [-0.1, -0.05) is 12.0 Å². The molecule has 0 fully saturated rings. The third-order valence-electron chi connectivity index (χ3n) is 1.86. The van der Waals surface area contributed by atoms with Gasteiger partial charge in [0.1, 0.15) is 0 Å². The van der Waals surface area contributed by atoms with Gasteiger partial charge in [-0.15, -0.1) is 6.42 Å². The highest BCUT2D eigenvalue weighted by Crippen LogP contribution is 2.09. The van der Waals surface area contributed by atoms with Gasteiger partial charge >= 0.3 is 5.97 Å². The van der Waals surface area contributed by atoms with Crippen LogP contribution in [0.5, 0.6) is 0 Å². The summed E-state index contributed by atoms with van der Waals surface area (Å²) >= 11 is 0. The average Bonchev–Trinajstić information content (AvgIpc) is 2.34. The summed E-state index contributed by atoms with van der Waals surface area (Å²) in [6, 6.07) is 4.06. The first kappa shape index (κ1) is 11.7. The quantitative estimate of drug-likeness (QED) is 0.429. The average molecular weight is 216 g/mol. The van der Waals surface area contributed by atoms with Gasteiger partial charge in [0.2, 0.25) is 0 Å². The molecule has 0 aromatic heterocycles. The molecular weight excluding hydrogens is 208 g/mol. The molecule has 0 unspecified atom stereocenters. The molecule has 0 atom stereocenters. The van der Waals surface area contributed by atoms with Crippen LogP contribution in [-0.4, -0.2) is 25.1 Å². The summed E-state index contributed by atoms with van der Waals surface area (Å²) in [7, 11) is 0. The number of hydrogen-bond acceptors (Lipinski definition) is 4. The Kier molecular flexibility index (Phi) is 3.98. The number of carbonyl (C=O) groups excluding carboxylic acids is 3. The molecule has 4 heteroatoms. The highest BCUT2D eigenvalue weighted by Gasteiger charge is 2.09. The second-order valence-corrected chi connectivity index (χ2v) is 2.86. The molecule has 1 aromatic rings. The van der Waals surface area contributed by atoms with Gasteiger partial charge in [-0.3, -0.25) is 9.59 Å². The van der Waals surface area contributed by atoms with Crippen molar-refractivity contribution in [2.45, 2.75) is 0 Å². The zero-order valence-corrected chi connectivity index (χ0v) is 8.30. The predicted molar refractivity (Wildman–Crippen MR) is 56.3 cm³/mol. The Morgan fingerprint density at radius 3 is 2.56 bits per heavy atom. The lowest BCUT2D eigenvalue weighted by atomic mass is 10.1. The molecule has 0 amide bonds. The number of aldehydes is 2. The molecule has 0 bridgehead atoms. The third kappa shape index (κ3) is 2.55. The summed E-state index contributed by atoms with van der Waals surface area (Å²) in [6.45, 7) is -0.134. The molecule has 0 spiro atoms. The van der Waals surface area contributed by atoms with E-state index in [-0.39, 0.29) is 23.3 Å². The number of benzene rings is 1. The molecule has 0 heterocycles. The van der Waals surface area contributed by atoms with Gasteiger partial charge < -0.3 is 4.74 Å². The van der Waals surface area contributed by atoms with Gasteiger partial charge in [0.05, 0.1) is 5.56 Å². The first-order valence-corrected chi connectivity index (χ1v) is 4.38. The Morgan fingerprint density at radius 1 is 1.31 bits per heavy atom. The summed E-state index contributed by atoms with van der Waals surface area (Å²) in [5.41, 5.74) is 0.552. The number of terminal acetylenes is 1. The standard InChI is InChI=1S/C12H8O4/c1-2-5-16-12(15)9-3-4-10(7-13)11(6-9)8-14/h1,3-4,6-8H,5H2. The van der Waals surface area contributed by atoms with Crippen LogP contribution in [0.1, 0.15) is 31.1 Å². The number of hydrogen-bond donors (Lipinski definition) is 0. The van der Waals surface area contributed by atoms with Crippen molar-refractivity contribution >= 4 is 18.5 Å². The number of carbonyl (C=O) groups is 3. The second-order valence-electron chi connectivity index (χ2n) is 2.86. The van der Waals surface area contributed by atoms with Crippen LogP contribution in [0.15, 0.2) is 18.2 Å². The van der Waals surface area contributed by atoms with Crippen LogP contribution >= 0.6 is 0 Å². The third-order valence-corrected chi connectivity index (χ3v) is 1.86. The maximum Gasteiger partial charge on any atom is 0.339 e. The van der Waals surface area contributed by atoms with Gasteiger partial charge in [0, 0.05) is 11.1 Å². The minimum atomic E-state index is -0.626. The van der Waals surface area contributed by atoms with Gasteiger partial charge in [-0.25, -0.2) is 4.79 Å². The molecule has 1 aromatic carbocycles. The van der Waals surface area contributed by atoms with Crippen molar-refractivity contribution < 1.29 is 19.1 Å². The van der Waals surface area contributed by atoms with E-state index in [9.17, 15) is 14.4 Å². The normalized spacial score (nSPS) is 8.94. The Hall–Kier alpha value is -2.41. The summed E-state index contributed by atoms with van der Waals surface area (Å²) < 4.78 is 4.67. The van der Waals surface area contributed by atoms with Crippen LogP contribution in [0.25, 0.3) is 0 Å². The summed E-state index contributed by atoms with van der Waals surface area (Å²) in [6.07, 6.45) is 5.97. The Labute approximate surface area is 92.2 Å². The second kappa shape index (κ2) is 5.47. The summed E-state index contributed by atoms with van der Waals surface area (Å²) in [4.78, 5) is 32.5. The lowest BCUT2D eigenvalue weighted by Gasteiger charge is -2.02. The zero-order valence-electron chi connectivity index (χ0n) is 8.30. The van der Waals surface area contributed by atoms with Crippen LogP contribution in [0.3, 0.4) is 0 Å². The van der Waals surface area contributed by atoms with Crippen molar-refractivity contribution in [3.8, 4) is 12.3 Å². The highest BCUT2D eigenvalue weighted by atomic mass is 16.5. The fourth-order valence-electron chi connectivity index (χ4n) is 1.10. The van der Waals surface area contributed by atoms with E-state index in [1.165, 1.54) is 18.2 Å². The van der Waals surface area contributed by atoms with Crippen LogP contribution in [0.4, 0.5) is 0 Å². The van der Waals surface area contributed by atoms with Crippen molar-refractivity contribution in [1.29, 1.82) is 0 Å². The first-order valence-electron chi connectivity index (χ1n) is 4.38. The molecule has 4 nitrogen and oxygen atoms in total. The topological polar surface area (TPSA) is 60.4 Å². The first-order chi connectivity index (χ1) is 7.72. The van der Waals surface area contributed by atoms with E-state index in [0.717, 1.165) is 0 Å². The molecule has 16 heavy (non-hydrogen) atoms. The van der Waals surface area contributed by atoms with E-state index in [1.807, 2.05) is 0 Å². The minimum absolute atomic E-state index is 0.134. The van der Waals surface area contributed by atoms with E-state index < -0.39 is 5.97 Å². The molecule has 80 valence electrons. The lowest BCUT2D eigenvalue weighted by Crippen LogP contribution is -2.06. The maximum absolute atomic E-state index is 11.3. The predicted octanol–water partition coefficient (Wildman–Crippen LogP) is 1.10. The SMILES string of the molecule is C#CCOC(=O)c1ccc(C=O)c(C=O)c1. The van der Waals surface area contributed by atoms with Crippen molar-refractivity contribution in [3.05, 3.63) is 34.9 Å². The van der Waals surface area contributed by atoms with Gasteiger partial charge in [-0.2, -0.15) is 0 Å². The molecule has 0 aliphatic heterocycles. The van der Waals surface area contributed by atoms with Crippen LogP contribution < -0.4 is 0 Å². The zero-order chi connectivity index (χ0) is 12.0. The molecule has 0 N–H and O–H groups in total. The van der Waals surface area contributed by atoms with E-state index >= 15 is 0 Å². The van der Waals surface area contributed by atoms with E-state index in [4.69, 9.17) is 6.42 Å². The smallest absolute Gasteiger partial charge is 0.339 e. The Balaban J connectivity index is 2.99. The van der Waals surface area contributed by atoms with Crippen molar-refractivity contribution in [1.82, 2.24) is 0 Å². The Morgan fingerprint density at radius 2 is 2.00 bits per heavy atom. The van der Waals surface area contributed by atoms with Crippen LogP contribution in [-0.2, 0) is 4.74 Å². The molecule has 1 rings (SSSR count). The monoisotopic (exact) mass is 216 g/mol. The molecule has 0 aliphatic rings. The van der Waals surface area contributed by atoms with Crippen molar-refractivity contribution in [2.24, 2.45) is 0 Å². The molecule has 0 radical (unpaired) electrons. The molecule has 0 aliphatic carbocycles. The van der Waals surface area contributed by atoms with E-state index in [1.54, 1.807) is 0 Å². The Bertz CT molecular complexity index is 468. The van der Waals surface area contributed by atoms with Gasteiger partial charge in [-0.05, 0) is 12.1 Å². The fraction of sp³-hybridized carbons (Fsp3) is 0.0833. The molecule has 0 saturated heterocycles. The van der Waals surface area contributed by atoms with E-state index in [2.05, 4.69) is 10.7 Å². The number of rotatable bonds is 4. The summed E-state index contributed by atoms with van der Waals surface area (Å²) in [5.74, 6) is 1.52. The molecule has 0 saturated carbocycles. The van der Waals surface area contributed by atoms with Crippen LogP contribution in [0, 0.1) is 12.3 Å². The fourth-order valence-corrected chi connectivity index (χ4v) is 1.10. The lowest BCUT2D eigenvalue weighted by molar-refractivity contribution is 0.0556. The van der Waals surface area contributed by atoms with Crippen LogP contribution in [0.2, 0.25) is 0 Å². The number of ether oxygens (including phenoxy) is 1. The minimum Gasteiger partial charge on any atom is -0.449 e. The van der Waals surface area contributed by atoms with Crippen molar-refractivity contribution in [2.75, 3.05) is 6.61 Å². The molecular formula is C12H8O4. The van der Waals surface area contributed by atoms with Gasteiger partial charge in [0.25, 0.3) is 0 Å². The maximum atomic E-state index is 11.3. The highest BCUT2D eigenvalue weighted by molar-refractivity contribution is 5.96. The van der Waals surface area contributed by atoms with Crippen molar-refractivity contribution in [3.63, 3.8) is 0 Å². The number of esters is 1. The van der Waals surface area contributed by atoms with Gasteiger partial charge in [0.15, 0.2) is 19.2 Å².